The number of hydrogen-bond donors (Lipinski definition) is 4. The molecule has 2 fully saturated rings. The van der Waals surface area contributed by atoms with Crippen LogP contribution < -0.4 is 21.5 Å². The summed E-state index contributed by atoms with van der Waals surface area (Å²) in [6, 6.07) is 6.82. The molecule has 3 aromatic rings. The average Bonchev–Trinajstić information content (AvgIpc) is 3.66. The van der Waals surface area contributed by atoms with E-state index in [4.69, 9.17) is 4.42 Å². The van der Waals surface area contributed by atoms with Gasteiger partial charge in [0.15, 0.2) is 5.75 Å². The standard InChI is InChI=1S/C26H27N3O7S/c1-13-9-10-17(36-13)19(18-8-4-12-37-18)28-21-20(23(31)24(21)32)27-15-6-2-5-14(22(15)30)25(33)29-11-3-7-16(29)26(34)35/h2,5-6,9-10,16,18-19,27-28,30H,3-4,7-8,11-12H2,1H3,(H,34,35)/t16-,18?,19?/m1/s1. The number of para-hydroxylation sites is 1. The van der Waals surface area contributed by atoms with Crippen LogP contribution in [0, 0.1) is 6.92 Å². The van der Waals surface area contributed by atoms with E-state index in [1.165, 1.54) is 23.1 Å². The van der Waals surface area contributed by atoms with Gasteiger partial charge >= 0.3 is 5.97 Å². The summed E-state index contributed by atoms with van der Waals surface area (Å²) in [7, 11) is 0. The number of carbonyl (C=O) groups is 2. The summed E-state index contributed by atoms with van der Waals surface area (Å²) in [6.45, 7) is 2.11. The number of phenolic OH excluding ortho intramolecular Hbond substituents is 1. The van der Waals surface area contributed by atoms with Crippen LogP contribution in [0.1, 0.15) is 53.6 Å². The van der Waals surface area contributed by atoms with Gasteiger partial charge in [0.2, 0.25) is 0 Å². The first-order valence-corrected chi connectivity index (χ1v) is 13.2. The lowest BCUT2D eigenvalue weighted by Gasteiger charge is -2.26. The number of nitrogens with zero attached hydrogens (tertiary/aromatic N) is 1. The van der Waals surface area contributed by atoms with E-state index in [-0.39, 0.29) is 40.5 Å². The first-order chi connectivity index (χ1) is 17.8. The number of phenols is 1. The number of aryl methyl sites for hydroxylation is 1. The molecular formula is C26H27N3O7S. The van der Waals surface area contributed by atoms with E-state index in [0.717, 1.165) is 24.4 Å². The van der Waals surface area contributed by atoms with Crippen LogP contribution in [0.25, 0.3) is 0 Å². The third kappa shape index (κ3) is 4.59. The van der Waals surface area contributed by atoms with Crippen molar-refractivity contribution in [1.82, 2.24) is 4.90 Å². The molecule has 0 radical (unpaired) electrons. The van der Waals surface area contributed by atoms with E-state index in [1.807, 2.05) is 19.1 Å². The number of anilines is 3. The van der Waals surface area contributed by atoms with E-state index in [0.29, 0.717) is 18.6 Å². The van der Waals surface area contributed by atoms with Crippen LogP contribution in [0.5, 0.6) is 5.75 Å². The smallest absolute Gasteiger partial charge is 0.326 e. The maximum absolute atomic E-state index is 13.1. The predicted octanol–water partition coefficient (Wildman–Crippen LogP) is 3.37. The van der Waals surface area contributed by atoms with Crippen LogP contribution in [0.4, 0.5) is 17.1 Å². The Morgan fingerprint density at radius 3 is 2.57 bits per heavy atom. The van der Waals surface area contributed by atoms with E-state index >= 15 is 0 Å². The topological polar surface area (TPSA) is 149 Å². The highest BCUT2D eigenvalue weighted by Gasteiger charge is 2.36. The van der Waals surface area contributed by atoms with Gasteiger partial charge in [0.25, 0.3) is 16.8 Å². The molecule has 10 nitrogen and oxygen atoms in total. The second kappa shape index (κ2) is 9.97. The van der Waals surface area contributed by atoms with Gasteiger partial charge in [0.1, 0.15) is 28.9 Å². The molecule has 2 unspecified atom stereocenters. The minimum atomic E-state index is -1.10. The molecule has 11 heteroatoms. The lowest BCUT2D eigenvalue weighted by molar-refractivity contribution is -0.141. The van der Waals surface area contributed by atoms with E-state index in [9.17, 15) is 29.4 Å². The van der Waals surface area contributed by atoms with Gasteiger partial charge in [0, 0.05) is 11.8 Å². The van der Waals surface area contributed by atoms with Crippen LogP contribution in [-0.2, 0) is 4.79 Å². The molecule has 2 saturated heterocycles. The van der Waals surface area contributed by atoms with Crippen molar-refractivity contribution in [3.8, 4) is 5.75 Å². The zero-order chi connectivity index (χ0) is 26.3. The van der Waals surface area contributed by atoms with Gasteiger partial charge in [-0.15, -0.1) is 0 Å². The van der Waals surface area contributed by atoms with Crippen molar-refractivity contribution >= 4 is 40.7 Å². The normalized spacial score (nSPS) is 20.3. The van der Waals surface area contributed by atoms with E-state index in [1.54, 1.807) is 11.8 Å². The number of aliphatic carboxylic acids is 1. The summed E-state index contributed by atoms with van der Waals surface area (Å²) in [5.41, 5.74) is -1.35. The number of likely N-dealkylation sites (tertiary alicyclic amines) is 1. The molecule has 3 heterocycles. The Morgan fingerprint density at radius 1 is 1.11 bits per heavy atom. The van der Waals surface area contributed by atoms with Crippen LogP contribution >= 0.6 is 11.8 Å². The van der Waals surface area contributed by atoms with Crippen molar-refractivity contribution in [3.63, 3.8) is 0 Å². The third-order valence-corrected chi connectivity index (χ3v) is 8.40. The molecule has 0 bridgehead atoms. The van der Waals surface area contributed by atoms with Gasteiger partial charge in [0.05, 0.1) is 17.3 Å². The molecule has 2 aliphatic rings. The van der Waals surface area contributed by atoms with Crippen molar-refractivity contribution in [2.45, 2.75) is 49.9 Å². The van der Waals surface area contributed by atoms with Crippen LogP contribution in [-0.4, -0.2) is 50.6 Å². The summed E-state index contributed by atoms with van der Waals surface area (Å²) in [6.07, 6.45) is 2.86. The zero-order valence-corrected chi connectivity index (χ0v) is 21.0. The van der Waals surface area contributed by atoms with Gasteiger partial charge in [-0.3, -0.25) is 14.4 Å². The number of benzene rings is 1. The molecule has 0 saturated carbocycles. The number of aromatic hydroxyl groups is 1. The molecule has 1 amide bonds. The molecular weight excluding hydrogens is 498 g/mol. The van der Waals surface area contributed by atoms with Gasteiger partial charge in [-0.2, -0.15) is 11.8 Å². The lowest BCUT2D eigenvalue weighted by Crippen LogP contribution is -2.40. The molecule has 5 rings (SSSR count). The fourth-order valence-electron chi connectivity index (χ4n) is 5.01. The van der Waals surface area contributed by atoms with Gasteiger partial charge in [-0.25, -0.2) is 4.79 Å². The molecule has 194 valence electrons. The Hall–Kier alpha value is -3.73. The molecule has 1 aromatic heterocycles. The molecule has 37 heavy (non-hydrogen) atoms. The summed E-state index contributed by atoms with van der Waals surface area (Å²) in [5, 5.41) is 26.5. The molecule has 2 aliphatic heterocycles. The Balaban J connectivity index is 1.42. The summed E-state index contributed by atoms with van der Waals surface area (Å²) in [4.78, 5) is 50.9. The summed E-state index contributed by atoms with van der Waals surface area (Å²) in [5.74, 6) is 0.273. The lowest BCUT2D eigenvalue weighted by atomic mass is 10.0. The predicted molar refractivity (Wildman–Crippen MR) is 140 cm³/mol. The van der Waals surface area contributed by atoms with Crippen molar-refractivity contribution in [2.24, 2.45) is 0 Å². The molecule has 0 aliphatic carbocycles. The van der Waals surface area contributed by atoms with Gasteiger partial charge in [-0.1, -0.05) is 6.07 Å². The van der Waals surface area contributed by atoms with Gasteiger partial charge in [-0.05, 0) is 62.6 Å². The number of amides is 1. The number of carboxylic acids is 1. The van der Waals surface area contributed by atoms with Crippen molar-refractivity contribution in [1.29, 1.82) is 0 Å². The zero-order valence-electron chi connectivity index (χ0n) is 20.2. The summed E-state index contributed by atoms with van der Waals surface area (Å²) >= 11 is 1.77. The quantitative estimate of drug-likeness (QED) is 0.255. The highest BCUT2D eigenvalue weighted by atomic mass is 32.2. The highest BCUT2D eigenvalue weighted by Crippen LogP contribution is 2.40. The average molecular weight is 526 g/mol. The first kappa shape index (κ1) is 24.9. The Morgan fingerprint density at radius 2 is 1.89 bits per heavy atom. The number of rotatable bonds is 8. The fourth-order valence-corrected chi connectivity index (χ4v) is 6.37. The van der Waals surface area contributed by atoms with Crippen LogP contribution in [0.3, 0.4) is 0 Å². The maximum atomic E-state index is 13.1. The van der Waals surface area contributed by atoms with E-state index in [2.05, 4.69) is 10.6 Å². The number of carbonyl (C=O) groups excluding carboxylic acids is 1. The monoisotopic (exact) mass is 525 g/mol. The number of hydrogen-bond acceptors (Lipinski definition) is 9. The third-order valence-electron chi connectivity index (χ3n) is 6.94. The largest absolute Gasteiger partial charge is 0.505 e. The SMILES string of the molecule is Cc1ccc(C(Nc2c(Nc3cccc(C(=O)N4CCC[C@@H]4C(=O)O)c3O)c(=O)c2=O)C2CCCS2)o1. The molecule has 0 spiro atoms. The van der Waals surface area contributed by atoms with Crippen molar-refractivity contribution < 1.29 is 24.2 Å². The van der Waals surface area contributed by atoms with E-state index < -0.39 is 34.5 Å². The minimum Gasteiger partial charge on any atom is -0.505 e. The first-order valence-electron chi connectivity index (χ1n) is 12.2. The number of thioether (sulfide) groups is 1. The molecule has 4 N–H and O–H groups in total. The second-order valence-corrected chi connectivity index (χ2v) is 10.7. The number of furan rings is 1. The van der Waals surface area contributed by atoms with Crippen molar-refractivity contribution in [2.75, 3.05) is 22.9 Å². The minimum absolute atomic E-state index is 0.00856. The highest BCUT2D eigenvalue weighted by molar-refractivity contribution is 8.00. The Bertz CT molecular complexity index is 1420. The maximum Gasteiger partial charge on any atom is 0.326 e. The Labute approximate surface area is 216 Å². The second-order valence-electron chi connectivity index (χ2n) is 9.35. The molecule has 3 atom stereocenters. The van der Waals surface area contributed by atoms with Crippen LogP contribution in [0.2, 0.25) is 0 Å². The fraction of sp³-hybridized carbons (Fsp3) is 0.385. The summed E-state index contributed by atoms with van der Waals surface area (Å²) < 4.78 is 5.84. The molecule has 2 aromatic carbocycles. The number of carboxylic acid groups (broad SMARTS) is 1. The van der Waals surface area contributed by atoms with Crippen molar-refractivity contribution in [3.05, 3.63) is 67.9 Å². The Kier molecular flexibility index (Phi) is 6.72. The number of nitrogens with one attached hydrogen (secondary N) is 2. The van der Waals surface area contributed by atoms with Gasteiger partial charge < -0.3 is 30.2 Å². The van der Waals surface area contributed by atoms with Crippen LogP contribution in [0.15, 0.2) is 44.3 Å².